The fourth-order valence-electron chi connectivity index (χ4n) is 8.20. The fraction of sp³-hybridized carbons (Fsp3) is 0.556. The van der Waals surface area contributed by atoms with Gasteiger partial charge in [-0.1, -0.05) is 6.07 Å². The molecule has 1 amide bonds. The molecule has 1 saturated carbocycles. The van der Waals surface area contributed by atoms with Gasteiger partial charge in [0.15, 0.2) is 17.3 Å². The molecule has 0 bridgehead atoms. The highest BCUT2D eigenvalue weighted by Gasteiger charge is 2.47. The summed E-state index contributed by atoms with van der Waals surface area (Å²) in [5.41, 5.74) is 10.4. The lowest BCUT2D eigenvalue weighted by Crippen LogP contribution is -2.63. The number of nitrogens with one attached hydrogen (secondary N) is 1. The quantitative estimate of drug-likeness (QED) is 0.373. The van der Waals surface area contributed by atoms with E-state index in [1.165, 1.54) is 57.5 Å². The van der Waals surface area contributed by atoms with Crippen molar-refractivity contribution in [2.75, 3.05) is 74.1 Å². The first-order valence-corrected chi connectivity index (χ1v) is 17.6. The number of aromatic nitrogens is 3. The number of amides is 1. The zero-order valence-corrected chi connectivity index (χ0v) is 27.5. The van der Waals surface area contributed by atoms with Crippen LogP contribution in [-0.4, -0.2) is 107 Å². The molecular formula is C36H47N9O2. The summed E-state index contributed by atoms with van der Waals surface area (Å²) in [7, 11) is 0. The average molecular weight is 638 g/mol. The van der Waals surface area contributed by atoms with Crippen molar-refractivity contribution in [3.8, 4) is 11.4 Å². The molecule has 5 aliphatic rings. The number of nitrogens with zero attached hydrogens (tertiary/aromatic N) is 7. The van der Waals surface area contributed by atoms with E-state index < -0.39 is 5.91 Å². The maximum atomic E-state index is 12.8. The number of hydrogen-bond donors (Lipinski definition) is 2. The Labute approximate surface area is 277 Å². The van der Waals surface area contributed by atoms with E-state index in [0.29, 0.717) is 23.2 Å². The van der Waals surface area contributed by atoms with Gasteiger partial charge in [-0.05, 0) is 87.8 Å². The first-order valence-electron chi connectivity index (χ1n) is 17.6. The summed E-state index contributed by atoms with van der Waals surface area (Å²) in [4.78, 5) is 37.7. The lowest BCUT2D eigenvalue weighted by molar-refractivity contribution is 0.0285. The van der Waals surface area contributed by atoms with Gasteiger partial charge in [0.2, 0.25) is 0 Å². The Morgan fingerprint density at radius 1 is 0.851 bits per heavy atom. The van der Waals surface area contributed by atoms with Crippen LogP contribution in [0, 0.1) is 6.92 Å². The van der Waals surface area contributed by atoms with Crippen LogP contribution in [0.4, 0.5) is 23.0 Å². The monoisotopic (exact) mass is 637 g/mol. The van der Waals surface area contributed by atoms with Crippen molar-refractivity contribution >= 4 is 28.9 Å². The number of ether oxygens (including phenoxy) is 1. The van der Waals surface area contributed by atoms with Crippen molar-refractivity contribution in [2.24, 2.45) is 5.73 Å². The van der Waals surface area contributed by atoms with Crippen molar-refractivity contribution in [1.82, 2.24) is 24.8 Å². The van der Waals surface area contributed by atoms with Crippen molar-refractivity contribution < 1.29 is 9.53 Å². The van der Waals surface area contributed by atoms with Crippen molar-refractivity contribution in [3.63, 3.8) is 0 Å². The van der Waals surface area contributed by atoms with Crippen LogP contribution in [0.2, 0.25) is 0 Å². The minimum absolute atomic E-state index is 0.0179. The molecule has 3 aromatic rings. The zero-order valence-electron chi connectivity index (χ0n) is 27.5. The molecule has 1 spiro atoms. The number of hydrogen-bond acceptors (Lipinski definition) is 10. The number of nitrogens with two attached hydrogens (primary N) is 1. The molecule has 1 aromatic carbocycles. The topological polar surface area (TPSA) is 116 Å². The van der Waals surface area contributed by atoms with Gasteiger partial charge >= 0.3 is 0 Å². The second-order valence-electron chi connectivity index (χ2n) is 14.1. The summed E-state index contributed by atoms with van der Waals surface area (Å²) in [6.45, 7) is 11.4. The Hall–Kier alpha value is -3.80. The summed E-state index contributed by atoms with van der Waals surface area (Å²) in [6.07, 6.45) is 9.92. The van der Waals surface area contributed by atoms with Gasteiger partial charge in [0.1, 0.15) is 5.69 Å². The van der Waals surface area contributed by atoms with E-state index in [1.807, 2.05) is 19.1 Å². The Morgan fingerprint density at radius 2 is 1.53 bits per heavy atom. The summed E-state index contributed by atoms with van der Waals surface area (Å²) in [5, 5.41) is 3.40. The van der Waals surface area contributed by atoms with Crippen LogP contribution >= 0.6 is 0 Å². The molecule has 1 aliphatic carbocycles. The molecule has 0 radical (unpaired) electrons. The van der Waals surface area contributed by atoms with E-state index in [1.54, 1.807) is 6.20 Å². The number of anilines is 4. The second kappa shape index (κ2) is 12.7. The number of benzene rings is 1. The molecule has 0 atom stereocenters. The molecule has 5 fully saturated rings. The number of pyridine rings is 1. The van der Waals surface area contributed by atoms with E-state index >= 15 is 0 Å². The van der Waals surface area contributed by atoms with Crippen LogP contribution < -0.4 is 20.9 Å². The number of rotatable bonds is 8. The highest BCUT2D eigenvalue weighted by Crippen LogP contribution is 2.45. The molecule has 3 N–H and O–H groups in total. The Morgan fingerprint density at radius 3 is 2.13 bits per heavy atom. The van der Waals surface area contributed by atoms with Crippen LogP contribution in [0.3, 0.4) is 0 Å². The van der Waals surface area contributed by atoms with Gasteiger partial charge in [0, 0.05) is 94.2 Å². The molecule has 11 nitrogen and oxygen atoms in total. The van der Waals surface area contributed by atoms with Crippen LogP contribution in [0.25, 0.3) is 11.4 Å². The molecule has 248 valence electrons. The highest BCUT2D eigenvalue weighted by molar-refractivity contribution is 5.97. The summed E-state index contributed by atoms with van der Waals surface area (Å²) >= 11 is 0. The first-order chi connectivity index (χ1) is 23.0. The normalized spacial score (nSPS) is 22.3. The predicted molar refractivity (Wildman–Crippen MR) is 184 cm³/mol. The van der Waals surface area contributed by atoms with E-state index in [0.717, 1.165) is 75.2 Å². The lowest BCUT2D eigenvalue weighted by atomic mass is 9.77. The minimum Gasteiger partial charge on any atom is -0.381 e. The SMILES string of the molecule is Cc1cccnc1-c1nc(C(N)=O)c(Nc2ccc(N3CCC(N4CCN(C5CC5)CC4)CC3)cc2)nc1N1CCC12CCOCC2. The molecule has 2 aromatic heterocycles. The third-order valence-corrected chi connectivity index (χ3v) is 11.3. The zero-order chi connectivity index (χ0) is 32.0. The van der Waals surface area contributed by atoms with Crippen molar-refractivity contribution in [2.45, 2.75) is 69.5 Å². The van der Waals surface area contributed by atoms with E-state index in [9.17, 15) is 4.79 Å². The maximum absolute atomic E-state index is 12.8. The number of primary amides is 1. The van der Waals surface area contributed by atoms with Gasteiger partial charge < -0.3 is 25.6 Å². The molecular weight excluding hydrogens is 590 g/mol. The highest BCUT2D eigenvalue weighted by atomic mass is 16.5. The summed E-state index contributed by atoms with van der Waals surface area (Å²) in [6, 6.07) is 13.9. The molecule has 4 saturated heterocycles. The number of aryl methyl sites for hydroxylation is 1. The average Bonchev–Trinajstić information content (AvgIpc) is 3.95. The van der Waals surface area contributed by atoms with Gasteiger partial charge in [-0.25, -0.2) is 9.97 Å². The van der Waals surface area contributed by atoms with Gasteiger partial charge in [0.05, 0.1) is 5.69 Å². The van der Waals surface area contributed by atoms with E-state index in [-0.39, 0.29) is 11.2 Å². The number of carbonyl (C=O) groups is 1. The lowest BCUT2D eigenvalue weighted by Gasteiger charge is -2.55. The molecule has 8 rings (SSSR count). The molecule has 4 aliphatic heterocycles. The summed E-state index contributed by atoms with van der Waals surface area (Å²) in [5.74, 6) is 0.481. The maximum Gasteiger partial charge on any atom is 0.271 e. The third kappa shape index (κ3) is 6.05. The van der Waals surface area contributed by atoms with Gasteiger partial charge in [0.25, 0.3) is 5.91 Å². The largest absolute Gasteiger partial charge is 0.381 e. The first kappa shape index (κ1) is 30.5. The van der Waals surface area contributed by atoms with Crippen LogP contribution in [0.5, 0.6) is 0 Å². The van der Waals surface area contributed by atoms with Crippen LogP contribution in [0.15, 0.2) is 42.6 Å². The molecule has 6 heterocycles. The van der Waals surface area contributed by atoms with Gasteiger partial charge in [-0.15, -0.1) is 0 Å². The third-order valence-electron chi connectivity index (χ3n) is 11.3. The van der Waals surface area contributed by atoms with Gasteiger partial charge in [-0.3, -0.25) is 19.6 Å². The van der Waals surface area contributed by atoms with Crippen molar-refractivity contribution in [3.05, 3.63) is 53.9 Å². The summed E-state index contributed by atoms with van der Waals surface area (Å²) < 4.78 is 5.72. The smallest absolute Gasteiger partial charge is 0.271 e. The van der Waals surface area contributed by atoms with Crippen LogP contribution in [-0.2, 0) is 4.74 Å². The molecule has 11 heteroatoms. The Kier molecular flexibility index (Phi) is 8.23. The minimum atomic E-state index is -0.626. The number of piperidine rings is 1. The standard InChI is InChI=1S/C36H47N9O2/c1-25-3-2-15-38-30(25)31-35(45-18-12-36(45)13-23-47-24-14-36)41-34(32(40-31)33(37)46)39-26-4-6-27(7-5-26)42-16-10-29(11-17-42)44-21-19-43(20-22-44)28-8-9-28/h2-7,15,28-29H,8-14,16-24H2,1H3,(H2,37,46)(H,39,41). The van der Waals surface area contributed by atoms with Crippen LogP contribution in [0.1, 0.15) is 61.0 Å². The molecule has 47 heavy (non-hydrogen) atoms. The van der Waals surface area contributed by atoms with Crippen molar-refractivity contribution in [1.29, 1.82) is 0 Å². The second-order valence-corrected chi connectivity index (χ2v) is 14.1. The fourth-order valence-corrected chi connectivity index (χ4v) is 8.20. The number of piperazine rings is 1. The Bertz CT molecular complexity index is 1590. The molecule has 0 unspecified atom stereocenters. The van der Waals surface area contributed by atoms with Gasteiger partial charge in [-0.2, -0.15) is 0 Å². The Balaban J connectivity index is 1.00. The van der Waals surface area contributed by atoms with E-state index in [4.69, 9.17) is 20.4 Å². The van der Waals surface area contributed by atoms with E-state index in [2.05, 4.69) is 54.2 Å². The number of carbonyl (C=O) groups excluding carboxylic acids is 1. The predicted octanol–water partition coefficient (Wildman–Crippen LogP) is 4.20.